The molecule has 0 aliphatic heterocycles. The van der Waals surface area contributed by atoms with Crippen LogP contribution in [0, 0.1) is 5.92 Å². The lowest BCUT2D eigenvalue weighted by atomic mass is 10.1. The largest absolute Gasteiger partial charge is 0.449 e. The van der Waals surface area contributed by atoms with Crippen molar-refractivity contribution < 1.29 is 18.0 Å². The number of pyridine rings is 1. The van der Waals surface area contributed by atoms with Gasteiger partial charge in [0.15, 0.2) is 5.65 Å². The van der Waals surface area contributed by atoms with Crippen molar-refractivity contribution in [3.8, 4) is 0 Å². The summed E-state index contributed by atoms with van der Waals surface area (Å²) in [7, 11) is 0. The van der Waals surface area contributed by atoms with Crippen molar-refractivity contribution in [2.75, 3.05) is 6.54 Å². The van der Waals surface area contributed by atoms with Gasteiger partial charge in [0.25, 0.3) is 0 Å². The number of imidazole rings is 1. The Hall–Kier alpha value is -2.12. The Kier molecular flexibility index (Phi) is 4.23. The van der Waals surface area contributed by atoms with Crippen LogP contribution in [0.2, 0.25) is 0 Å². The van der Waals surface area contributed by atoms with Gasteiger partial charge in [-0.2, -0.15) is 13.2 Å². The summed E-state index contributed by atoms with van der Waals surface area (Å²) in [5.41, 5.74) is 0.372. The van der Waals surface area contributed by atoms with Gasteiger partial charge in [-0.15, -0.1) is 0 Å². The summed E-state index contributed by atoms with van der Waals surface area (Å²) >= 11 is 0. The molecule has 1 N–H and O–H groups in total. The van der Waals surface area contributed by atoms with Gasteiger partial charge >= 0.3 is 6.18 Å². The maximum atomic E-state index is 13.1. The number of carbonyl (C=O) groups is 1. The highest BCUT2D eigenvalue weighted by Gasteiger charge is 2.37. The molecule has 0 radical (unpaired) electrons. The van der Waals surface area contributed by atoms with Crippen molar-refractivity contribution in [2.24, 2.45) is 5.92 Å². The highest BCUT2D eigenvalue weighted by Crippen LogP contribution is 2.30. The number of hydrogen-bond donors (Lipinski definition) is 1. The Balaban J connectivity index is 1.75. The molecular weight excluding hydrogens is 309 g/mol. The number of nitrogens with zero attached hydrogens (tertiary/aromatic N) is 3. The van der Waals surface area contributed by atoms with Crippen molar-refractivity contribution in [2.45, 2.75) is 38.4 Å². The quantitative estimate of drug-likeness (QED) is 0.940. The lowest BCUT2D eigenvalue weighted by molar-refractivity contribution is -0.146. The number of nitrogens with one attached hydrogen (secondary N) is 1. The molecule has 1 aliphatic carbocycles. The van der Waals surface area contributed by atoms with Crippen molar-refractivity contribution in [3.63, 3.8) is 0 Å². The lowest BCUT2D eigenvalue weighted by Gasteiger charge is -2.13. The van der Waals surface area contributed by atoms with E-state index in [0.717, 1.165) is 30.3 Å². The lowest BCUT2D eigenvalue weighted by Crippen LogP contribution is -2.32. The normalized spacial score (nSPS) is 16.1. The van der Waals surface area contributed by atoms with E-state index in [9.17, 15) is 18.0 Å². The van der Waals surface area contributed by atoms with E-state index in [1.54, 1.807) is 6.07 Å². The topological polar surface area (TPSA) is 59.8 Å². The summed E-state index contributed by atoms with van der Waals surface area (Å²) in [4.78, 5) is 19.5. The molecule has 0 aromatic carbocycles. The fraction of sp³-hybridized carbons (Fsp3) is 0.533. The maximum absolute atomic E-state index is 13.1. The molecule has 0 spiro atoms. The average Bonchev–Trinajstić information content (AvgIpc) is 3.14. The minimum Gasteiger partial charge on any atom is -0.354 e. The predicted octanol–water partition coefficient (Wildman–Crippen LogP) is 2.76. The highest BCUT2D eigenvalue weighted by molar-refractivity contribution is 5.78. The second kappa shape index (κ2) is 6.17. The maximum Gasteiger partial charge on any atom is 0.449 e. The van der Waals surface area contributed by atoms with E-state index in [2.05, 4.69) is 15.3 Å². The second-order valence-electron chi connectivity index (χ2n) is 5.70. The molecule has 0 bridgehead atoms. The minimum absolute atomic E-state index is 0.00487. The molecular formula is C15H17F3N4O. The van der Waals surface area contributed by atoms with E-state index >= 15 is 0 Å². The molecule has 1 aliphatic rings. The molecule has 3 rings (SSSR count). The molecule has 0 atom stereocenters. The standard InChI is InChI=1S/C15H17F3N4O/c16-15(17,18)14-21-11-6-3-7-19-12(11)22(14)9-8-20-13(23)10-4-1-2-5-10/h3,6-7,10H,1-2,4-5,8-9H2,(H,20,23). The van der Waals surface area contributed by atoms with Crippen LogP contribution in [-0.2, 0) is 17.5 Å². The van der Waals surface area contributed by atoms with Gasteiger partial charge in [-0.1, -0.05) is 12.8 Å². The number of carbonyl (C=O) groups excluding carboxylic acids is 1. The molecule has 2 aromatic heterocycles. The van der Waals surface area contributed by atoms with E-state index in [0.29, 0.717) is 0 Å². The van der Waals surface area contributed by atoms with E-state index in [-0.39, 0.29) is 36.1 Å². The van der Waals surface area contributed by atoms with Gasteiger partial charge in [-0.3, -0.25) is 4.79 Å². The summed E-state index contributed by atoms with van der Waals surface area (Å²) < 4.78 is 40.4. The van der Waals surface area contributed by atoms with Crippen LogP contribution in [0.25, 0.3) is 11.2 Å². The molecule has 1 fully saturated rings. The highest BCUT2D eigenvalue weighted by atomic mass is 19.4. The molecule has 0 unspecified atom stereocenters. The first-order chi connectivity index (χ1) is 11.0. The van der Waals surface area contributed by atoms with Gasteiger partial charge < -0.3 is 9.88 Å². The van der Waals surface area contributed by atoms with Gasteiger partial charge in [-0.25, -0.2) is 9.97 Å². The Morgan fingerprint density at radius 1 is 1.35 bits per heavy atom. The van der Waals surface area contributed by atoms with Crippen LogP contribution in [0.4, 0.5) is 13.2 Å². The van der Waals surface area contributed by atoms with Gasteiger partial charge in [0.1, 0.15) is 5.52 Å². The van der Waals surface area contributed by atoms with Crippen molar-refractivity contribution in [1.29, 1.82) is 0 Å². The Labute approximate surface area is 130 Å². The third-order valence-corrected chi connectivity index (χ3v) is 4.12. The van der Waals surface area contributed by atoms with E-state index in [4.69, 9.17) is 0 Å². The van der Waals surface area contributed by atoms with E-state index < -0.39 is 12.0 Å². The molecule has 1 saturated carbocycles. The number of fused-ring (bicyclic) bond motifs is 1. The molecule has 124 valence electrons. The zero-order valence-electron chi connectivity index (χ0n) is 12.4. The van der Waals surface area contributed by atoms with Crippen molar-refractivity contribution in [1.82, 2.24) is 19.9 Å². The number of aromatic nitrogens is 3. The third kappa shape index (κ3) is 3.30. The summed E-state index contributed by atoms with van der Waals surface area (Å²) in [6, 6.07) is 3.03. The summed E-state index contributed by atoms with van der Waals surface area (Å²) in [5.74, 6) is -1.07. The summed E-state index contributed by atoms with van der Waals surface area (Å²) in [6.45, 7) is 0.112. The number of amides is 1. The molecule has 8 heteroatoms. The van der Waals surface area contributed by atoms with Crippen LogP contribution in [-0.4, -0.2) is 27.0 Å². The fourth-order valence-electron chi connectivity index (χ4n) is 3.01. The van der Waals surface area contributed by atoms with Crippen LogP contribution in [0.1, 0.15) is 31.5 Å². The Morgan fingerprint density at radius 3 is 2.78 bits per heavy atom. The van der Waals surface area contributed by atoms with Gasteiger partial charge in [0.2, 0.25) is 11.7 Å². The summed E-state index contributed by atoms with van der Waals surface area (Å²) in [5, 5.41) is 2.72. The van der Waals surface area contributed by atoms with Gasteiger partial charge in [-0.05, 0) is 25.0 Å². The van der Waals surface area contributed by atoms with E-state index in [1.165, 1.54) is 12.3 Å². The molecule has 1 amide bonds. The average molecular weight is 326 g/mol. The second-order valence-corrected chi connectivity index (χ2v) is 5.70. The number of rotatable bonds is 4. The van der Waals surface area contributed by atoms with Crippen LogP contribution in [0.15, 0.2) is 18.3 Å². The SMILES string of the molecule is O=C(NCCn1c(C(F)(F)F)nc2cccnc21)C1CCCC1. The smallest absolute Gasteiger partial charge is 0.354 e. The Morgan fingerprint density at radius 2 is 2.09 bits per heavy atom. The number of alkyl halides is 3. The minimum atomic E-state index is -4.56. The van der Waals surface area contributed by atoms with Crippen LogP contribution >= 0.6 is 0 Å². The van der Waals surface area contributed by atoms with Crippen molar-refractivity contribution in [3.05, 3.63) is 24.2 Å². The first-order valence-corrected chi connectivity index (χ1v) is 7.63. The number of halogens is 3. The zero-order valence-corrected chi connectivity index (χ0v) is 12.4. The zero-order chi connectivity index (χ0) is 16.4. The Bertz CT molecular complexity index is 704. The monoisotopic (exact) mass is 326 g/mol. The van der Waals surface area contributed by atoms with Gasteiger partial charge in [0, 0.05) is 25.2 Å². The summed E-state index contributed by atoms with van der Waals surface area (Å²) in [6.07, 6.45) is 0.650. The van der Waals surface area contributed by atoms with Crippen molar-refractivity contribution >= 4 is 17.1 Å². The van der Waals surface area contributed by atoms with Gasteiger partial charge in [0.05, 0.1) is 0 Å². The first kappa shape index (κ1) is 15.8. The number of hydrogen-bond acceptors (Lipinski definition) is 3. The molecule has 0 saturated heterocycles. The van der Waals surface area contributed by atoms with E-state index in [1.807, 2.05) is 0 Å². The molecule has 5 nitrogen and oxygen atoms in total. The molecule has 2 aromatic rings. The molecule has 23 heavy (non-hydrogen) atoms. The predicted molar refractivity (Wildman–Crippen MR) is 77.5 cm³/mol. The first-order valence-electron chi connectivity index (χ1n) is 7.63. The fourth-order valence-corrected chi connectivity index (χ4v) is 3.01. The van der Waals surface area contributed by atoms with Crippen LogP contribution in [0.3, 0.4) is 0 Å². The third-order valence-electron chi connectivity index (χ3n) is 4.12. The van der Waals surface area contributed by atoms with Crippen LogP contribution < -0.4 is 5.32 Å². The van der Waals surface area contributed by atoms with Crippen LogP contribution in [0.5, 0.6) is 0 Å². The molecule has 2 heterocycles.